The zero-order chi connectivity index (χ0) is 12.1. The van der Waals surface area contributed by atoms with Crippen LogP contribution < -0.4 is 0 Å². The van der Waals surface area contributed by atoms with Crippen LogP contribution in [0, 0.1) is 11.3 Å². The van der Waals surface area contributed by atoms with Gasteiger partial charge in [-0.2, -0.15) is 5.26 Å². The van der Waals surface area contributed by atoms with Gasteiger partial charge in [0, 0.05) is 0 Å². The summed E-state index contributed by atoms with van der Waals surface area (Å²) < 4.78 is 4.98. The fourth-order valence-electron chi connectivity index (χ4n) is 1.34. The summed E-state index contributed by atoms with van der Waals surface area (Å²) in [6, 6.07) is 12.3. The number of hydrogen-bond acceptors (Lipinski definition) is 3. The molecule has 1 aromatic carbocycles. The van der Waals surface area contributed by atoms with Gasteiger partial charge in [-0.1, -0.05) is 18.2 Å². The van der Waals surface area contributed by atoms with Crippen LogP contribution in [-0.4, -0.2) is 5.78 Å². The van der Waals surface area contributed by atoms with E-state index in [4.69, 9.17) is 9.68 Å². The van der Waals surface area contributed by atoms with Crippen LogP contribution >= 0.6 is 0 Å². The van der Waals surface area contributed by atoms with Gasteiger partial charge in [-0.15, -0.1) is 0 Å². The van der Waals surface area contributed by atoms with Gasteiger partial charge >= 0.3 is 0 Å². The van der Waals surface area contributed by atoms with Gasteiger partial charge in [-0.05, 0) is 35.9 Å². The van der Waals surface area contributed by atoms with Crippen LogP contribution in [0.4, 0.5) is 0 Å². The van der Waals surface area contributed by atoms with Crippen LogP contribution in [-0.2, 0) is 0 Å². The van der Waals surface area contributed by atoms with E-state index in [1.807, 2.05) is 6.07 Å². The monoisotopic (exact) mass is 223 g/mol. The Hall–Kier alpha value is -2.60. The maximum atomic E-state index is 11.6. The van der Waals surface area contributed by atoms with Crippen molar-refractivity contribution in [2.75, 3.05) is 0 Å². The van der Waals surface area contributed by atoms with E-state index in [1.54, 1.807) is 42.5 Å². The van der Waals surface area contributed by atoms with Gasteiger partial charge in [0.05, 0.1) is 17.9 Å². The second-order valence-corrected chi connectivity index (χ2v) is 3.41. The molecule has 0 bridgehead atoms. The Kier molecular flexibility index (Phi) is 3.18. The summed E-state index contributed by atoms with van der Waals surface area (Å²) in [5.41, 5.74) is 1.46. The second kappa shape index (κ2) is 4.95. The minimum atomic E-state index is -0.181. The quantitative estimate of drug-likeness (QED) is 0.593. The van der Waals surface area contributed by atoms with Crippen molar-refractivity contribution in [3.05, 3.63) is 65.6 Å². The third-order valence-electron chi connectivity index (χ3n) is 2.23. The average molecular weight is 223 g/mol. The highest BCUT2D eigenvalue weighted by Crippen LogP contribution is 2.07. The van der Waals surface area contributed by atoms with Gasteiger partial charge in [0.2, 0.25) is 5.78 Å². The van der Waals surface area contributed by atoms with Gasteiger partial charge in [-0.3, -0.25) is 4.79 Å². The zero-order valence-corrected chi connectivity index (χ0v) is 8.96. The highest BCUT2D eigenvalue weighted by Gasteiger charge is 2.03. The fourth-order valence-corrected chi connectivity index (χ4v) is 1.34. The number of carbonyl (C=O) groups excluding carboxylic acids is 1. The summed E-state index contributed by atoms with van der Waals surface area (Å²) in [4.78, 5) is 11.6. The molecule has 82 valence electrons. The summed E-state index contributed by atoms with van der Waals surface area (Å²) in [6.45, 7) is 0. The number of ketones is 1. The minimum absolute atomic E-state index is 0.181. The van der Waals surface area contributed by atoms with Crippen molar-refractivity contribution in [3.63, 3.8) is 0 Å². The van der Waals surface area contributed by atoms with Crippen molar-refractivity contribution < 1.29 is 9.21 Å². The molecule has 0 aliphatic rings. The molecule has 1 aromatic heterocycles. The summed E-state index contributed by atoms with van der Waals surface area (Å²) in [7, 11) is 0. The lowest BCUT2D eigenvalue weighted by molar-refractivity contribution is 0.102. The van der Waals surface area contributed by atoms with E-state index < -0.39 is 0 Å². The predicted octanol–water partition coefficient (Wildman–Crippen LogP) is 3.05. The fraction of sp³-hybridized carbons (Fsp3) is 0. The van der Waals surface area contributed by atoms with Crippen molar-refractivity contribution in [3.8, 4) is 6.07 Å². The van der Waals surface area contributed by atoms with Gasteiger partial charge in [0.15, 0.2) is 5.76 Å². The number of hydrogen-bond donors (Lipinski definition) is 0. The molecule has 0 aliphatic carbocycles. The molecule has 0 atom stereocenters. The number of nitrogens with zero attached hydrogens (tertiary/aromatic N) is 1. The number of allylic oxidation sites excluding steroid dienone is 1. The van der Waals surface area contributed by atoms with E-state index in [1.165, 1.54) is 12.3 Å². The number of furan rings is 1. The van der Waals surface area contributed by atoms with Gasteiger partial charge in [0.25, 0.3) is 0 Å². The van der Waals surface area contributed by atoms with Gasteiger partial charge < -0.3 is 4.42 Å². The molecule has 0 N–H and O–H groups in total. The molecular formula is C14H9NO2. The summed E-state index contributed by atoms with van der Waals surface area (Å²) >= 11 is 0. The Bertz CT molecular complexity index is 572. The summed E-state index contributed by atoms with van der Waals surface area (Å²) in [5.74, 6) is 0.134. The van der Waals surface area contributed by atoms with Crippen LogP contribution in [0.25, 0.3) is 6.08 Å². The first-order valence-electron chi connectivity index (χ1n) is 5.05. The zero-order valence-electron chi connectivity index (χ0n) is 8.96. The largest absolute Gasteiger partial charge is 0.461 e. The topological polar surface area (TPSA) is 54.0 Å². The highest BCUT2D eigenvalue weighted by atomic mass is 16.3. The Labute approximate surface area is 98.6 Å². The molecule has 0 fully saturated rings. The van der Waals surface area contributed by atoms with E-state index in [0.29, 0.717) is 11.3 Å². The molecule has 2 rings (SSSR count). The minimum Gasteiger partial charge on any atom is -0.461 e. The first-order valence-corrected chi connectivity index (χ1v) is 5.05. The second-order valence-electron chi connectivity index (χ2n) is 3.41. The molecule has 0 saturated heterocycles. The van der Waals surface area contributed by atoms with E-state index in [0.717, 1.165) is 5.56 Å². The van der Waals surface area contributed by atoms with E-state index >= 15 is 0 Å². The van der Waals surface area contributed by atoms with Crippen LogP contribution in [0.3, 0.4) is 0 Å². The lowest BCUT2D eigenvalue weighted by Gasteiger charge is -1.92. The third kappa shape index (κ3) is 2.70. The maximum absolute atomic E-state index is 11.6. The molecule has 1 heterocycles. The molecule has 2 aromatic rings. The molecule has 0 unspecified atom stereocenters. The van der Waals surface area contributed by atoms with E-state index in [-0.39, 0.29) is 5.78 Å². The molecule has 0 amide bonds. The lowest BCUT2D eigenvalue weighted by Crippen LogP contribution is -1.90. The molecule has 3 heteroatoms. The Balaban J connectivity index is 2.10. The lowest BCUT2D eigenvalue weighted by atomic mass is 10.1. The van der Waals surface area contributed by atoms with E-state index in [9.17, 15) is 4.79 Å². The number of rotatable bonds is 3. The summed E-state index contributed by atoms with van der Waals surface area (Å²) in [5, 5.41) is 8.64. The third-order valence-corrected chi connectivity index (χ3v) is 2.23. The van der Waals surface area contributed by atoms with Crippen LogP contribution in [0.1, 0.15) is 21.7 Å². The summed E-state index contributed by atoms with van der Waals surface area (Å²) in [6.07, 6.45) is 4.59. The molecule has 17 heavy (non-hydrogen) atoms. The van der Waals surface area contributed by atoms with Gasteiger partial charge in [0.1, 0.15) is 0 Å². The van der Waals surface area contributed by atoms with E-state index in [2.05, 4.69) is 0 Å². The van der Waals surface area contributed by atoms with Crippen molar-refractivity contribution >= 4 is 11.9 Å². The molecule has 0 spiro atoms. The van der Waals surface area contributed by atoms with Crippen molar-refractivity contribution in [1.82, 2.24) is 0 Å². The predicted molar refractivity (Wildman–Crippen MR) is 63.2 cm³/mol. The highest BCUT2D eigenvalue weighted by molar-refractivity contribution is 6.04. The van der Waals surface area contributed by atoms with Crippen LogP contribution in [0.2, 0.25) is 0 Å². The molecule has 0 radical (unpaired) electrons. The molecule has 0 saturated carbocycles. The molecule has 0 aliphatic heterocycles. The number of benzene rings is 1. The maximum Gasteiger partial charge on any atom is 0.221 e. The van der Waals surface area contributed by atoms with Crippen molar-refractivity contribution in [1.29, 1.82) is 5.26 Å². The standard InChI is InChI=1S/C14H9NO2/c15-10-12-5-3-11(4-6-12)7-8-13(16)14-2-1-9-17-14/h1-9H/b8-7-. The Morgan fingerprint density at radius 3 is 2.59 bits per heavy atom. The van der Waals surface area contributed by atoms with Gasteiger partial charge in [-0.25, -0.2) is 0 Å². The molecule has 3 nitrogen and oxygen atoms in total. The molecular weight excluding hydrogens is 214 g/mol. The normalized spacial score (nSPS) is 10.3. The first kappa shape index (κ1) is 10.9. The Morgan fingerprint density at radius 2 is 2.00 bits per heavy atom. The SMILES string of the molecule is N#Cc1ccc(/C=C\C(=O)c2ccco2)cc1. The number of nitriles is 1. The number of carbonyl (C=O) groups is 1. The van der Waals surface area contributed by atoms with Crippen molar-refractivity contribution in [2.24, 2.45) is 0 Å². The Morgan fingerprint density at radius 1 is 1.24 bits per heavy atom. The van der Waals surface area contributed by atoms with Crippen molar-refractivity contribution in [2.45, 2.75) is 0 Å². The van der Waals surface area contributed by atoms with Crippen LogP contribution in [0.5, 0.6) is 0 Å². The average Bonchev–Trinajstić information content (AvgIpc) is 2.90. The van der Waals surface area contributed by atoms with Crippen LogP contribution in [0.15, 0.2) is 53.2 Å². The smallest absolute Gasteiger partial charge is 0.221 e. The first-order chi connectivity index (χ1) is 8.29.